The summed E-state index contributed by atoms with van der Waals surface area (Å²) >= 11 is 7.22. The average molecular weight is 468 g/mol. The molecule has 0 aliphatic rings. The maximum Gasteiger partial charge on any atom is 0.258 e. The Kier molecular flexibility index (Phi) is 5.53. The van der Waals surface area contributed by atoms with E-state index in [0.29, 0.717) is 43.0 Å². The van der Waals surface area contributed by atoms with Crippen LogP contribution < -0.4 is 5.32 Å². The molecule has 8 heteroatoms. The summed E-state index contributed by atoms with van der Waals surface area (Å²) < 4.78 is 0. The second kappa shape index (κ2) is 8.79. The summed E-state index contributed by atoms with van der Waals surface area (Å²) in [5, 5.41) is 3.90. The number of nitrogens with zero attached hydrogens (tertiary/aromatic N) is 4. The van der Waals surface area contributed by atoms with Crippen molar-refractivity contribution in [2.24, 2.45) is 0 Å². The van der Waals surface area contributed by atoms with Gasteiger partial charge in [0, 0.05) is 34.1 Å². The molecule has 2 aromatic carbocycles. The molecule has 3 heterocycles. The van der Waals surface area contributed by atoms with Crippen molar-refractivity contribution in [2.75, 3.05) is 5.32 Å². The molecule has 0 saturated heterocycles. The second-order valence-corrected chi connectivity index (χ2v) is 8.39. The van der Waals surface area contributed by atoms with E-state index in [1.807, 2.05) is 36.4 Å². The molecule has 0 bridgehead atoms. The molecule has 0 spiro atoms. The third kappa shape index (κ3) is 4.17. The summed E-state index contributed by atoms with van der Waals surface area (Å²) in [6.07, 6.45) is 10.5. The molecule has 3 aromatic heterocycles. The molecule has 0 aliphatic carbocycles. The molecule has 1 amide bonds. The van der Waals surface area contributed by atoms with Crippen molar-refractivity contribution in [1.82, 2.24) is 19.9 Å². The van der Waals surface area contributed by atoms with Crippen LogP contribution in [0.5, 0.6) is 0 Å². The number of terminal acetylenes is 1. The largest absolute Gasteiger partial charge is 0.298 e. The Balaban J connectivity index is 1.46. The standard InChI is InChI=1S/C25H14ClN5OS/c1-2-15-5-3-4-6-18(15)20-13-27-12-11-19(20)23(32)31-25-30-22-24(33-25)29-21(14-28-22)16-7-9-17(26)10-8-16/h1,3-14H,(H,28,30,31,32). The third-order valence-corrected chi connectivity index (χ3v) is 6.03. The number of rotatable bonds is 4. The zero-order chi connectivity index (χ0) is 22.8. The van der Waals surface area contributed by atoms with Crippen molar-refractivity contribution in [1.29, 1.82) is 0 Å². The number of nitrogens with one attached hydrogen (secondary N) is 1. The SMILES string of the molecule is C#Cc1ccccc1-c1cnccc1C(=O)Nc1nc2ncc(-c3ccc(Cl)cc3)nc2s1. The third-order valence-electron chi connectivity index (χ3n) is 4.92. The van der Waals surface area contributed by atoms with Crippen LogP contribution in [0.3, 0.4) is 0 Å². The number of benzene rings is 2. The van der Waals surface area contributed by atoms with Gasteiger partial charge in [-0.25, -0.2) is 9.97 Å². The Hall–Kier alpha value is -4.12. The van der Waals surface area contributed by atoms with Crippen LogP contribution in [0.2, 0.25) is 5.02 Å². The Morgan fingerprint density at radius 3 is 2.64 bits per heavy atom. The van der Waals surface area contributed by atoms with Gasteiger partial charge in [0.25, 0.3) is 5.91 Å². The van der Waals surface area contributed by atoms with E-state index in [0.717, 1.165) is 11.1 Å². The number of anilines is 1. The van der Waals surface area contributed by atoms with Crippen molar-refractivity contribution in [2.45, 2.75) is 0 Å². The number of hydrogen-bond donors (Lipinski definition) is 1. The molecule has 0 radical (unpaired) electrons. The number of amides is 1. The first-order valence-electron chi connectivity index (χ1n) is 9.83. The van der Waals surface area contributed by atoms with Crippen LogP contribution in [0.1, 0.15) is 15.9 Å². The Morgan fingerprint density at radius 1 is 1.00 bits per heavy atom. The molecule has 6 nitrogen and oxygen atoms in total. The van der Waals surface area contributed by atoms with Crippen LogP contribution in [0.15, 0.2) is 73.2 Å². The van der Waals surface area contributed by atoms with Gasteiger partial charge in [-0.3, -0.25) is 15.1 Å². The number of thiazole rings is 1. The zero-order valence-corrected chi connectivity index (χ0v) is 18.6. The Bertz CT molecular complexity index is 1540. The molecule has 0 saturated carbocycles. The first-order chi connectivity index (χ1) is 16.1. The highest BCUT2D eigenvalue weighted by molar-refractivity contribution is 7.21. The van der Waals surface area contributed by atoms with Gasteiger partial charge in [0.1, 0.15) is 0 Å². The highest BCUT2D eigenvalue weighted by Gasteiger charge is 2.17. The van der Waals surface area contributed by atoms with Gasteiger partial charge in [0.2, 0.25) is 0 Å². The van der Waals surface area contributed by atoms with Gasteiger partial charge in [-0.05, 0) is 29.8 Å². The topological polar surface area (TPSA) is 80.7 Å². The van der Waals surface area contributed by atoms with Gasteiger partial charge in [-0.1, -0.05) is 59.2 Å². The molecular formula is C25H14ClN5OS. The number of carbonyl (C=O) groups excluding carboxylic acids is 1. The van der Waals surface area contributed by atoms with Crippen LogP contribution in [0, 0.1) is 12.3 Å². The molecule has 5 rings (SSSR count). The summed E-state index contributed by atoms with van der Waals surface area (Å²) in [6.45, 7) is 0. The number of pyridine rings is 1. The molecule has 0 atom stereocenters. The van der Waals surface area contributed by atoms with E-state index >= 15 is 0 Å². The lowest BCUT2D eigenvalue weighted by molar-refractivity contribution is 0.102. The minimum absolute atomic E-state index is 0.323. The minimum atomic E-state index is -0.323. The number of carbonyl (C=O) groups is 1. The van der Waals surface area contributed by atoms with Gasteiger partial charge in [-0.15, -0.1) is 6.42 Å². The Labute approximate surface area is 198 Å². The fraction of sp³-hybridized carbons (Fsp3) is 0. The quantitative estimate of drug-likeness (QED) is 0.343. The number of aromatic nitrogens is 4. The molecule has 5 aromatic rings. The van der Waals surface area contributed by atoms with Gasteiger partial charge >= 0.3 is 0 Å². The lowest BCUT2D eigenvalue weighted by Crippen LogP contribution is -2.13. The molecule has 0 aliphatic heterocycles. The molecule has 0 unspecified atom stereocenters. The number of halogens is 1. The maximum absolute atomic E-state index is 13.1. The van der Waals surface area contributed by atoms with Crippen molar-refractivity contribution in [3.8, 4) is 34.7 Å². The van der Waals surface area contributed by atoms with Gasteiger partial charge in [0.15, 0.2) is 15.6 Å². The first-order valence-corrected chi connectivity index (χ1v) is 11.0. The molecule has 1 N–H and O–H groups in total. The maximum atomic E-state index is 13.1. The summed E-state index contributed by atoms with van der Waals surface area (Å²) in [7, 11) is 0. The van der Waals surface area contributed by atoms with Crippen molar-refractivity contribution in [3.63, 3.8) is 0 Å². The van der Waals surface area contributed by atoms with Gasteiger partial charge in [-0.2, -0.15) is 4.98 Å². The van der Waals surface area contributed by atoms with Crippen LogP contribution in [-0.4, -0.2) is 25.8 Å². The first kappa shape index (κ1) is 20.8. The van der Waals surface area contributed by atoms with E-state index in [9.17, 15) is 4.79 Å². The molecule has 0 fully saturated rings. The average Bonchev–Trinajstić information content (AvgIpc) is 3.26. The van der Waals surface area contributed by atoms with Crippen LogP contribution in [0.4, 0.5) is 5.13 Å². The van der Waals surface area contributed by atoms with E-state index in [1.54, 1.807) is 36.8 Å². The van der Waals surface area contributed by atoms with Crippen molar-refractivity contribution < 1.29 is 4.79 Å². The fourth-order valence-corrected chi connectivity index (χ4v) is 4.27. The normalized spacial score (nSPS) is 10.7. The molecule has 158 valence electrons. The van der Waals surface area contributed by atoms with Crippen LogP contribution >= 0.6 is 22.9 Å². The Morgan fingerprint density at radius 2 is 1.82 bits per heavy atom. The summed E-state index contributed by atoms with van der Waals surface area (Å²) in [5.74, 6) is 2.33. The van der Waals surface area contributed by atoms with Gasteiger partial charge < -0.3 is 0 Å². The molecular weight excluding hydrogens is 454 g/mol. The lowest BCUT2D eigenvalue weighted by atomic mass is 9.97. The van der Waals surface area contributed by atoms with Crippen LogP contribution in [-0.2, 0) is 0 Å². The van der Waals surface area contributed by atoms with E-state index in [-0.39, 0.29) is 5.91 Å². The van der Waals surface area contributed by atoms with Crippen molar-refractivity contribution in [3.05, 3.63) is 89.3 Å². The summed E-state index contributed by atoms with van der Waals surface area (Å²) in [5.41, 5.74) is 4.58. The minimum Gasteiger partial charge on any atom is -0.298 e. The van der Waals surface area contributed by atoms with E-state index < -0.39 is 0 Å². The summed E-state index contributed by atoms with van der Waals surface area (Å²) in [4.78, 5) is 31.3. The number of fused-ring (bicyclic) bond motifs is 1. The van der Waals surface area contributed by atoms with Gasteiger partial charge in [0.05, 0.1) is 17.5 Å². The predicted octanol–water partition coefficient (Wildman–Crippen LogP) is 5.70. The number of hydrogen-bond acceptors (Lipinski definition) is 6. The van der Waals surface area contributed by atoms with E-state index in [4.69, 9.17) is 18.0 Å². The smallest absolute Gasteiger partial charge is 0.258 e. The lowest BCUT2D eigenvalue weighted by Gasteiger charge is -2.10. The highest BCUT2D eigenvalue weighted by Crippen LogP contribution is 2.29. The highest BCUT2D eigenvalue weighted by atomic mass is 35.5. The molecule has 33 heavy (non-hydrogen) atoms. The van der Waals surface area contributed by atoms with Crippen LogP contribution in [0.25, 0.3) is 32.9 Å². The monoisotopic (exact) mass is 467 g/mol. The van der Waals surface area contributed by atoms with Crippen molar-refractivity contribution >= 4 is 44.5 Å². The second-order valence-electron chi connectivity index (χ2n) is 6.98. The zero-order valence-electron chi connectivity index (χ0n) is 17.0. The predicted molar refractivity (Wildman–Crippen MR) is 131 cm³/mol. The van der Waals surface area contributed by atoms with E-state index in [2.05, 4.69) is 31.2 Å². The fourth-order valence-electron chi connectivity index (χ4n) is 3.35. The van der Waals surface area contributed by atoms with E-state index in [1.165, 1.54) is 11.3 Å². The summed E-state index contributed by atoms with van der Waals surface area (Å²) in [6, 6.07) is 16.4.